The highest BCUT2D eigenvalue weighted by Gasteiger charge is 2.36. The van der Waals surface area contributed by atoms with Crippen molar-refractivity contribution in [3.05, 3.63) is 54.1 Å². The van der Waals surface area contributed by atoms with Crippen LogP contribution in [0.25, 0.3) is 0 Å². The number of hydrogen-bond donors (Lipinski definition) is 2. The third-order valence-corrected chi connectivity index (χ3v) is 6.49. The fraction of sp³-hybridized carbons (Fsp3) is 0.538. The van der Waals surface area contributed by atoms with Crippen LogP contribution >= 0.6 is 11.9 Å². The number of pyridine rings is 1. The molecule has 33 heavy (non-hydrogen) atoms. The molecule has 0 radical (unpaired) electrons. The average molecular weight is 473 g/mol. The monoisotopic (exact) mass is 472 g/mol. The smallest absolute Gasteiger partial charge is 0.293 e. The Balaban J connectivity index is 0.000000479. The normalized spacial score (nSPS) is 18.7. The van der Waals surface area contributed by atoms with E-state index in [4.69, 9.17) is 5.14 Å². The molecule has 6 nitrogen and oxygen atoms in total. The lowest BCUT2D eigenvalue weighted by atomic mass is 9.85. The Morgan fingerprint density at radius 2 is 1.94 bits per heavy atom. The van der Waals surface area contributed by atoms with Gasteiger partial charge in [0.15, 0.2) is 0 Å². The zero-order valence-electron chi connectivity index (χ0n) is 20.9. The maximum Gasteiger partial charge on any atom is 0.293 e. The van der Waals surface area contributed by atoms with E-state index in [1.807, 2.05) is 39.0 Å². The van der Waals surface area contributed by atoms with E-state index in [0.29, 0.717) is 17.9 Å². The number of hydrogen-bond acceptors (Lipinski definition) is 7. The van der Waals surface area contributed by atoms with Gasteiger partial charge in [-0.25, -0.2) is 4.98 Å². The Labute approximate surface area is 203 Å². The second-order valence-electron chi connectivity index (χ2n) is 10.3. The molecule has 1 aromatic heterocycles. The minimum absolute atomic E-state index is 0.299. The predicted molar refractivity (Wildman–Crippen MR) is 138 cm³/mol. The molecule has 1 saturated heterocycles. The van der Waals surface area contributed by atoms with Crippen LogP contribution < -0.4 is 10.5 Å². The van der Waals surface area contributed by atoms with Gasteiger partial charge in [0.25, 0.3) is 6.47 Å². The van der Waals surface area contributed by atoms with Gasteiger partial charge in [0.2, 0.25) is 0 Å². The zero-order chi connectivity index (χ0) is 24.5. The van der Waals surface area contributed by atoms with Gasteiger partial charge in [-0.15, -0.1) is 0 Å². The summed E-state index contributed by atoms with van der Waals surface area (Å²) in [5.41, 5.74) is 1.38. The van der Waals surface area contributed by atoms with Crippen LogP contribution in [0.3, 0.4) is 0 Å². The molecule has 3 N–H and O–H groups in total. The molecule has 2 aromatic rings. The summed E-state index contributed by atoms with van der Waals surface area (Å²) in [7, 11) is 2.25. The lowest BCUT2D eigenvalue weighted by Gasteiger charge is -2.26. The molecule has 182 valence electrons. The number of rotatable bonds is 8. The second kappa shape index (κ2) is 12.4. The van der Waals surface area contributed by atoms with Crippen molar-refractivity contribution in [1.29, 1.82) is 0 Å². The molecular formula is C26H40N4O2S. The minimum Gasteiger partial charge on any atom is -0.462 e. The fourth-order valence-electron chi connectivity index (χ4n) is 4.13. The summed E-state index contributed by atoms with van der Waals surface area (Å²) < 4.78 is 4.55. The van der Waals surface area contributed by atoms with Crippen LogP contribution in [0.5, 0.6) is 0 Å². The summed E-state index contributed by atoms with van der Waals surface area (Å²) in [6, 6.07) is 16.8. The first-order chi connectivity index (χ1) is 15.5. The summed E-state index contributed by atoms with van der Waals surface area (Å²) >= 11 is 1.18. The zero-order valence-corrected chi connectivity index (χ0v) is 21.7. The summed E-state index contributed by atoms with van der Waals surface area (Å²) in [6.07, 6.45) is 2.44. The van der Waals surface area contributed by atoms with Gasteiger partial charge in [-0.3, -0.25) is 9.93 Å². The number of anilines is 1. The van der Waals surface area contributed by atoms with E-state index in [2.05, 4.69) is 71.2 Å². The van der Waals surface area contributed by atoms with Crippen LogP contribution in [-0.2, 0) is 9.53 Å². The van der Waals surface area contributed by atoms with Crippen molar-refractivity contribution in [2.45, 2.75) is 69.5 Å². The van der Waals surface area contributed by atoms with Crippen molar-refractivity contribution in [2.24, 2.45) is 11.1 Å². The van der Waals surface area contributed by atoms with Crippen LogP contribution in [0.15, 0.2) is 53.6 Å². The molecule has 0 amide bonds. The molecule has 1 aromatic carbocycles. The number of benzene rings is 1. The highest BCUT2D eigenvalue weighted by atomic mass is 32.2. The minimum atomic E-state index is -0.318. The van der Waals surface area contributed by atoms with Crippen LogP contribution in [0.4, 0.5) is 5.82 Å². The highest BCUT2D eigenvalue weighted by molar-refractivity contribution is 7.97. The first-order valence-corrected chi connectivity index (χ1v) is 12.4. The van der Waals surface area contributed by atoms with Crippen LogP contribution in [0, 0.1) is 5.92 Å². The Bertz CT molecular complexity index is 855. The fourth-order valence-corrected chi connectivity index (χ4v) is 4.44. The Kier molecular flexibility index (Phi) is 10.2. The van der Waals surface area contributed by atoms with Crippen molar-refractivity contribution < 1.29 is 9.53 Å². The molecule has 2 unspecified atom stereocenters. The molecule has 7 heteroatoms. The van der Waals surface area contributed by atoms with Gasteiger partial charge in [0, 0.05) is 24.5 Å². The molecule has 1 fully saturated rings. The number of likely N-dealkylation sites (tertiary alicyclic amines) is 1. The van der Waals surface area contributed by atoms with Gasteiger partial charge in [0.05, 0.1) is 0 Å². The van der Waals surface area contributed by atoms with Crippen molar-refractivity contribution in [1.82, 2.24) is 9.88 Å². The lowest BCUT2D eigenvalue weighted by molar-refractivity contribution is -0.138. The number of aromatic nitrogens is 1. The van der Waals surface area contributed by atoms with E-state index < -0.39 is 0 Å². The van der Waals surface area contributed by atoms with Crippen molar-refractivity contribution in [3.63, 3.8) is 0 Å². The highest BCUT2D eigenvalue weighted by Crippen LogP contribution is 2.37. The largest absolute Gasteiger partial charge is 0.462 e. The first-order valence-electron chi connectivity index (χ1n) is 11.5. The second-order valence-corrected chi connectivity index (χ2v) is 10.9. The van der Waals surface area contributed by atoms with Crippen LogP contribution in [0.1, 0.15) is 58.9 Å². The topological polar surface area (TPSA) is 80.5 Å². The van der Waals surface area contributed by atoms with E-state index in [-0.39, 0.29) is 5.60 Å². The van der Waals surface area contributed by atoms with Gasteiger partial charge in [-0.05, 0) is 90.1 Å². The number of nitrogens with two attached hydrogens (primary N) is 1. The number of carbonyl (C=O) groups excluding carboxylic acids is 1. The third-order valence-electron chi connectivity index (χ3n) is 6.02. The standard InChI is InChI=1S/C21H30N4S.C5H10O2/c1-21(2)13-16(15-25(21)3)12-18(17-8-5-4-6-9-17)14-23-19-10-7-11-20(24-19)26-22;1-5(2,3)7-4-6/h4-11,16,18H,12-15,22H2,1-3H3,(H,23,24);4H,1-3H3. The maximum absolute atomic E-state index is 9.60. The van der Waals surface area contributed by atoms with Gasteiger partial charge in [0.1, 0.15) is 16.4 Å². The number of carbonyl (C=O) groups is 1. The van der Waals surface area contributed by atoms with Crippen LogP contribution in [-0.4, -0.2) is 47.6 Å². The lowest BCUT2D eigenvalue weighted by Crippen LogP contribution is -2.34. The molecule has 0 saturated carbocycles. The molecule has 1 aliphatic rings. The van der Waals surface area contributed by atoms with E-state index in [1.165, 1.54) is 36.9 Å². The van der Waals surface area contributed by atoms with Crippen molar-refractivity contribution in [3.8, 4) is 0 Å². The van der Waals surface area contributed by atoms with Gasteiger partial charge in [-0.1, -0.05) is 36.4 Å². The van der Waals surface area contributed by atoms with E-state index in [9.17, 15) is 4.79 Å². The van der Waals surface area contributed by atoms with Crippen LogP contribution in [0.2, 0.25) is 0 Å². The van der Waals surface area contributed by atoms with Gasteiger partial charge in [-0.2, -0.15) is 0 Å². The Hall–Kier alpha value is -2.09. The summed E-state index contributed by atoms with van der Waals surface area (Å²) in [4.78, 5) is 16.6. The van der Waals surface area contributed by atoms with Crippen molar-refractivity contribution in [2.75, 3.05) is 25.5 Å². The van der Waals surface area contributed by atoms with E-state index in [1.54, 1.807) is 0 Å². The van der Waals surface area contributed by atoms with E-state index >= 15 is 0 Å². The van der Waals surface area contributed by atoms with Gasteiger partial charge >= 0.3 is 0 Å². The summed E-state index contributed by atoms with van der Waals surface area (Å²) in [5, 5.41) is 10.0. The molecule has 2 heterocycles. The Morgan fingerprint density at radius 3 is 2.45 bits per heavy atom. The average Bonchev–Trinajstić information content (AvgIpc) is 3.02. The number of nitrogens with zero attached hydrogens (tertiary/aromatic N) is 2. The SMILES string of the molecule is CC(C)(C)OC=O.CN1CC(CC(CNc2cccc(SN)n2)c2ccccc2)CC1(C)C. The third kappa shape index (κ3) is 9.35. The molecule has 1 aliphatic heterocycles. The summed E-state index contributed by atoms with van der Waals surface area (Å²) in [5.74, 6) is 2.09. The predicted octanol–water partition coefficient (Wildman–Crippen LogP) is 5.32. The molecule has 2 atom stereocenters. The molecule has 0 aliphatic carbocycles. The quantitative estimate of drug-likeness (QED) is 0.397. The molecule has 3 rings (SSSR count). The van der Waals surface area contributed by atoms with Crippen molar-refractivity contribution >= 4 is 24.2 Å². The maximum atomic E-state index is 9.60. The molecule has 0 bridgehead atoms. The molecule has 0 spiro atoms. The first kappa shape index (κ1) is 27.2. The number of nitrogens with one attached hydrogen (secondary N) is 1. The van der Waals surface area contributed by atoms with E-state index in [0.717, 1.165) is 23.3 Å². The number of ether oxygens (including phenoxy) is 1. The Morgan fingerprint density at radius 1 is 1.24 bits per heavy atom. The van der Waals surface area contributed by atoms with Gasteiger partial charge < -0.3 is 15.0 Å². The molecular weight excluding hydrogens is 432 g/mol. The summed E-state index contributed by atoms with van der Waals surface area (Å²) in [6.45, 7) is 12.7.